The van der Waals surface area contributed by atoms with Crippen LogP contribution in [0.5, 0.6) is 5.75 Å². The minimum absolute atomic E-state index is 0.0548. The van der Waals surface area contributed by atoms with Crippen LogP contribution >= 0.6 is 0 Å². The van der Waals surface area contributed by atoms with Gasteiger partial charge in [-0.15, -0.1) is 0 Å². The molecule has 0 unspecified atom stereocenters. The number of aryl methyl sites for hydroxylation is 1. The molecule has 3 heterocycles. The molecular formula is C21H19N5O3. The molecule has 146 valence electrons. The summed E-state index contributed by atoms with van der Waals surface area (Å²) in [6.07, 6.45) is 3.34. The smallest absolute Gasteiger partial charge is 0.254 e. The van der Waals surface area contributed by atoms with Crippen molar-refractivity contribution in [2.75, 3.05) is 5.73 Å². The molecule has 1 aromatic carbocycles. The molecule has 5 N–H and O–H groups in total. The third kappa shape index (κ3) is 3.00. The van der Waals surface area contributed by atoms with Crippen LogP contribution in [-0.2, 0) is 0 Å². The summed E-state index contributed by atoms with van der Waals surface area (Å²) in [6, 6.07) is 10.5. The molecule has 0 radical (unpaired) electrons. The number of primary amides is 1. The number of carbonyl (C=O) groups is 1. The molecule has 3 aromatic heterocycles. The van der Waals surface area contributed by atoms with E-state index in [1.165, 1.54) is 4.68 Å². The zero-order valence-electron chi connectivity index (χ0n) is 15.9. The topological polar surface area (TPSA) is 133 Å². The van der Waals surface area contributed by atoms with Crippen LogP contribution in [-0.4, -0.2) is 25.8 Å². The van der Waals surface area contributed by atoms with E-state index in [2.05, 4.69) is 10.1 Å². The number of rotatable bonds is 4. The molecule has 0 fully saturated rings. The third-order valence-electron chi connectivity index (χ3n) is 4.77. The van der Waals surface area contributed by atoms with Gasteiger partial charge >= 0.3 is 0 Å². The Bertz CT molecular complexity index is 1220. The Balaban J connectivity index is 1.91. The lowest BCUT2D eigenvalue weighted by molar-refractivity contribution is 0.100. The summed E-state index contributed by atoms with van der Waals surface area (Å²) >= 11 is 0. The van der Waals surface area contributed by atoms with E-state index in [0.717, 1.165) is 11.1 Å². The van der Waals surface area contributed by atoms with E-state index in [1.54, 1.807) is 49.6 Å². The lowest BCUT2D eigenvalue weighted by Gasteiger charge is -2.12. The molecular weight excluding hydrogens is 370 g/mol. The van der Waals surface area contributed by atoms with Gasteiger partial charge in [0.1, 0.15) is 28.6 Å². The van der Waals surface area contributed by atoms with Crippen molar-refractivity contribution in [1.29, 1.82) is 0 Å². The molecule has 0 spiro atoms. The number of pyridine rings is 1. The monoisotopic (exact) mass is 389 g/mol. The first kappa shape index (κ1) is 18.3. The second kappa shape index (κ2) is 6.83. The zero-order chi connectivity index (χ0) is 20.7. The summed E-state index contributed by atoms with van der Waals surface area (Å²) in [4.78, 5) is 16.2. The first-order chi connectivity index (χ1) is 13.9. The number of nitrogens with two attached hydrogens (primary N) is 2. The molecule has 8 heteroatoms. The Morgan fingerprint density at radius 1 is 1.14 bits per heavy atom. The SMILES string of the molecule is Cc1ccc(O)c(C)c1-n1nc(-c2ccc(-c3cccnc3)o2)c(C(N)=O)c1N. The molecule has 4 aromatic rings. The average Bonchev–Trinajstić information content (AvgIpc) is 3.31. The van der Waals surface area contributed by atoms with Gasteiger partial charge in [-0.05, 0) is 49.7 Å². The first-order valence-electron chi connectivity index (χ1n) is 8.87. The van der Waals surface area contributed by atoms with Gasteiger partial charge in [0.25, 0.3) is 5.91 Å². The molecule has 0 saturated carbocycles. The van der Waals surface area contributed by atoms with E-state index in [0.29, 0.717) is 22.8 Å². The Morgan fingerprint density at radius 3 is 2.59 bits per heavy atom. The number of aromatic nitrogens is 3. The molecule has 0 saturated heterocycles. The van der Waals surface area contributed by atoms with Crippen LogP contribution in [0.1, 0.15) is 21.5 Å². The molecule has 0 bridgehead atoms. The Kier molecular flexibility index (Phi) is 4.31. The summed E-state index contributed by atoms with van der Waals surface area (Å²) in [5.74, 6) is 0.363. The molecule has 29 heavy (non-hydrogen) atoms. The van der Waals surface area contributed by atoms with E-state index >= 15 is 0 Å². The Hall–Kier alpha value is -4.07. The minimum Gasteiger partial charge on any atom is -0.508 e. The van der Waals surface area contributed by atoms with Crippen molar-refractivity contribution in [3.05, 3.63) is 65.5 Å². The van der Waals surface area contributed by atoms with Gasteiger partial charge in [-0.25, -0.2) is 4.68 Å². The van der Waals surface area contributed by atoms with Crippen LogP contribution in [0.15, 0.2) is 53.2 Å². The van der Waals surface area contributed by atoms with E-state index in [1.807, 2.05) is 13.0 Å². The minimum atomic E-state index is -0.724. The molecule has 4 rings (SSSR count). The molecule has 0 atom stereocenters. The highest BCUT2D eigenvalue weighted by atomic mass is 16.3. The number of phenols is 1. The van der Waals surface area contributed by atoms with Crippen molar-refractivity contribution in [3.8, 4) is 34.2 Å². The van der Waals surface area contributed by atoms with Crippen molar-refractivity contribution >= 4 is 11.7 Å². The Morgan fingerprint density at radius 2 is 1.90 bits per heavy atom. The van der Waals surface area contributed by atoms with Gasteiger partial charge in [0.05, 0.1) is 5.69 Å². The second-order valence-corrected chi connectivity index (χ2v) is 6.67. The number of anilines is 1. The maximum atomic E-state index is 12.2. The zero-order valence-corrected chi connectivity index (χ0v) is 15.9. The van der Waals surface area contributed by atoms with Crippen molar-refractivity contribution in [2.45, 2.75) is 13.8 Å². The maximum absolute atomic E-state index is 12.2. The predicted molar refractivity (Wildman–Crippen MR) is 109 cm³/mol. The van der Waals surface area contributed by atoms with E-state index in [9.17, 15) is 9.90 Å². The van der Waals surface area contributed by atoms with Crippen molar-refractivity contribution in [3.63, 3.8) is 0 Å². The van der Waals surface area contributed by atoms with Gasteiger partial charge < -0.3 is 21.0 Å². The molecule has 8 nitrogen and oxygen atoms in total. The van der Waals surface area contributed by atoms with Gasteiger partial charge in [0.2, 0.25) is 0 Å². The van der Waals surface area contributed by atoms with Gasteiger partial charge in [0, 0.05) is 23.5 Å². The van der Waals surface area contributed by atoms with Gasteiger partial charge in [-0.2, -0.15) is 5.10 Å². The molecule has 0 aliphatic carbocycles. The third-order valence-corrected chi connectivity index (χ3v) is 4.77. The quantitative estimate of drug-likeness (QED) is 0.491. The molecule has 0 aliphatic heterocycles. The summed E-state index contributed by atoms with van der Waals surface area (Å²) < 4.78 is 7.32. The molecule has 0 aliphatic rings. The predicted octanol–water partition coefficient (Wildman–Crippen LogP) is 3.20. The Labute approximate surface area is 166 Å². The number of carbonyl (C=O) groups excluding carboxylic acids is 1. The molecule has 1 amide bonds. The first-order valence-corrected chi connectivity index (χ1v) is 8.87. The number of hydrogen-bond donors (Lipinski definition) is 3. The lowest BCUT2D eigenvalue weighted by Crippen LogP contribution is -2.14. The standard InChI is InChI=1S/C21H19N5O3/c1-11-5-6-14(27)12(2)19(11)26-20(22)17(21(23)28)18(25-26)16-8-7-15(29-16)13-4-3-9-24-10-13/h3-10,27H,22H2,1-2H3,(H2,23,28). The number of nitrogens with zero attached hydrogens (tertiary/aromatic N) is 3. The van der Waals surface area contributed by atoms with Gasteiger partial charge in [-0.1, -0.05) is 6.07 Å². The summed E-state index contributed by atoms with van der Waals surface area (Å²) in [5, 5.41) is 14.6. The number of phenolic OH excluding ortho intramolecular Hbond substituents is 1. The van der Waals surface area contributed by atoms with E-state index in [4.69, 9.17) is 15.9 Å². The number of benzene rings is 1. The van der Waals surface area contributed by atoms with Crippen LogP contribution in [0.2, 0.25) is 0 Å². The van der Waals surface area contributed by atoms with E-state index < -0.39 is 5.91 Å². The summed E-state index contributed by atoms with van der Waals surface area (Å²) in [7, 11) is 0. The summed E-state index contributed by atoms with van der Waals surface area (Å²) in [5.41, 5.74) is 14.9. The number of aromatic hydroxyl groups is 1. The largest absolute Gasteiger partial charge is 0.508 e. The fraction of sp³-hybridized carbons (Fsp3) is 0.0952. The van der Waals surface area contributed by atoms with Crippen LogP contribution in [0.3, 0.4) is 0 Å². The number of furan rings is 1. The van der Waals surface area contributed by atoms with Crippen molar-refractivity contribution < 1.29 is 14.3 Å². The highest BCUT2D eigenvalue weighted by molar-refractivity contribution is 6.03. The van der Waals surface area contributed by atoms with Crippen LogP contribution in [0.4, 0.5) is 5.82 Å². The normalized spacial score (nSPS) is 11.0. The number of hydrogen-bond acceptors (Lipinski definition) is 6. The second-order valence-electron chi connectivity index (χ2n) is 6.67. The number of amides is 1. The fourth-order valence-corrected chi connectivity index (χ4v) is 3.30. The van der Waals surface area contributed by atoms with Crippen LogP contribution in [0, 0.1) is 13.8 Å². The number of nitrogen functional groups attached to an aromatic ring is 1. The van der Waals surface area contributed by atoms with Gasteiger partial charge in [0.15, 0.2) is 5.76 Å². The average molecular weight is 389 g/mol. The fourth-order valence-electron chi connectivity index (χ4n) is 3.30. The van der Waals surface area contributed by atoms with Crippen LogP contribution in [0.25, 0.3) is 28.5 Å². The van der Waals surface area contributed by atoms with E-state index in [-0.39, 0.29) is 22.8 Å². The van der Waals surface area contributed by atoms with Crippen molar-refractivity contribution in [1.82, 2.24) is 14.8 Å². The summed E-state index contributed by atoms with van der Waals surface area (Å²) in [6.45, 7) is 3.61. The van der Waals surface area contributed by atoms with Crippen molar-refractivity contribution in [2.24, 2.45) is 5.73 Å². The van der Waals surface area contributed by atoms with Crippen LogP contribution < -0.4 is 11.5 Å². The lowest BCUT2D eigenvalue weighted by atomic mass is 10.1. The van der Waals surface area contributed by atoms with Gasteiger partial charge in [-0.3, -0.25) is 9.78 Å². The maximum Gasteiger partial charge on any atom is 0.254 e. The highest BCUT2D eigenvalue weighted by Gasteiger charge is 2.26. The highest BCUT2D eigenvalue weighted by Crippen LogP contribution is 2.35.